The molecule has 3 N–H and O–H groups in total. The summed E-state index contributed by atoms with van der Waals surface area (Å²) in [7, 11) is -2.57. The zero-order chi connectivity index (χ0) is 19.3. The molecule has 0 unspecified atom stereocenters. The number of rotatable bonds is 7. The quantitative estimate of drug-likeness (QED) is 0.677. The van der Waals surface area contributed by atoms with Crippen molar-refractivity contribution in [1.29, 1.82) is 0 Å². The molecule has 0 fully saturated rings. The molecular weight excluding hydrogens is 363 g/mol. The Morgan fingerprint density at radius 1 is 1.23 bits per heavy atom. The highest BCUT2D eigenvalue weighted by molar-refractivity contribution is 7.89. The second-order valence-corrected chi connectivity index (χ2v) is 7.24. The minimum atomic E-state index is -3.93. The van der Waals surface area contributed by atoms with Gasteiger partial charge in [-0.3, -0.25) is 4.79 Å². The highest BCUT2D eigenvalue weighted by Gasteiger charge is 2.21. The van der Waals surface area contributed by atoms with Crippen LogP contribution in [-0.4, -0.2) is 39.2 Å². The molecule has 0 saturated heterocycles. The number of halogens is 1. The number of sulfonamides is 1. The molecule has 0 heterocycles. The number of carbonyl (C=O) groups excluding carboxylic acids is 1. The summed E-state index contributed by atoms with van der Waals surface area (Å²) >= 11 is 0. The van der Waals surface area contributed by atoms with Crippen LogP contribution in [0.1, 0.15) is 17.3 Å². The van der Waals surface area contributed by atoms with Gasteiger partial charge >= 0.3 is 0 Å². The zero-order valence-corrected chi connectivity index (χ0v) is 15.0. The van der Waals surface area contributed by atoms with E-state index in [1.165, 1.54) is 56.5 Å². The Kier molecular flexibility index (Phi) is 6.30. The molecule has 0 radical (unpaired) electrons. The van der Waals surface area contributed by atoms with Crippen LogP contribution in [-0.2, 0) is 10.0 Å². The molecule has 0 bridgehead atoms. The van der Waals surface area contributed by atoms with Crippen LogP contribution >= 0.6 is 0 Å². The molecule has 9 heteroatoms. The van der Waals surface area contributed by atoms with Crippen molar-refractivity contribution in [2.24, 2.45) is 0 Å². The lowest BCUT2D eigenvalue weighted by molar-refractivity contribution is 0.102. The Labute approximate surface area is 150 Å². The van der Waals surface area contributed by atoms with Gasteiger partial charge in [0.15, 0.2) is 0 Å². The third-order valence-corrected chi connectivity index (χ3v) is 5.05. The van der Waals surface area contributed by atoms with E-state index in [9.17, 15) is 17.6 Å². The largest absolute Gasteiger partial charge is 0.496 e. The molecule has 0 aliphatic heterocycles. The highest BCUT2D eigenvalue weighted by atomic mass is 32.2. The van der Waals surface area contributed by atoms with E-state index in [0.29, 0.717) is 5.69 Å². The maximum Gasteiger partial charge on any atom is 0.259 e. The van der Waals surface area contributed by atoms with Crippen LogP contribution in [0.5, 0.6) is 5.75 Å². The van der Waals surface area contributed by atoms with E-state index in [4.69, 9.17) is 9.84 Å². The molecule has 0 saturated carbocycles. The topological polar surface area (TPSA) is 105 Å². The van der Waals surface area contributed by atoms with Crippen LogP contribution in [0.15, 0.2) is 47.4 Å². The van der Waals surface area contributed by atoms with Crippen molar-refractivity contribution in [2.45, 2.75) is 17.9 Å². The molecule has 140 valence electrons. The number of hydrogen-bond acceptors (Lipinski definition) is 5. The molecule has 0 aromatic heterocycles. The number of amides is 1. The smallest absolute Gasteiger partial charge is 0.259 e. The van der Waals surface area contributed by atoms with Crippen LogP contribution in [0.3, 0.4) is 0 Å². The van der Waals surface area contributed by atoms with Crippen molar-refractivity contribution >= 4 is 21.6 Å². The van der Waals surface area contributed by atoms with Crippen LogP contribution in [0, 0.1) is 5.82 Å². The first-order valence-electron chi connectivity index (χ1n) is 7.65. The molecule has 0 spiro atoms. The van der Waals surface area contributed by atoms with Crippen LogP contribution < -0.4 is 14.8 Å². The molecule has 2 rings (SSSR count). The fraction of sp³-hybridized carbons (Fsp3) is 0.235. The molecule has 2 aromatic rings. The minimum absolute atomic E-state index is 0.00338. The van der Waals surface area contributed by atoms with Crippen LogP contribution in [0.4, 0.5) is 10.1 Å². The summed E-state index contributed by atoms with van der Waals surface area (Å²) in [6, 6.07) is 8.28. The molecule has 26 heavy (non-hydrogen) atoms. The second-order valence-electron chi connectivity index (χ2n) is 5.53. The van der Waals surface area contributed by atoms with E-state index in [1.807, 2.05) is 0 Å². The molecule has 2 aromatic carbocycles. The summed E-state index contributed by atoms with van der Waals surface area (Å²) in [5.41, 5.74) is 0.343. The van der Waals surface area contributed by atoms with Crippen molar-refractivity contribution in [3.05, 3.63) is 53.8 Å². The lowest BCUT2D eigenvalue weighted by Crippen LogP contribution is -2.35. The lowest BCUT2D eigenvalue weighted by atomic mass is 10.2. The predicted octanol–water partition coefficient (Wildman–Crippen LogP) is 1.75. The molecular formula is C17H19FN2O5S. The zero-order valence-electron chi connectivity index (χ0n) is 14.2. The predicted molar refractivity (Wildman–Crippen MR) is 94.2 cm³/mol. The summed E-state index contributed by atoms with van der Waals surface area (Å²) in [4.78, 5) is 12.3. The first kappa shape index (κ1) is 19.8. The molecule has 1 amide bonds. The molecule has 0 aliphatic carbocycles. The van der Waals surface area contributed by atoms with Gasteiger partial charge < -0.3 is 15.2 Å². The summed E-state index contributed by atoms with van der Waals surface area (Å²) < 4.78 is 45.0. The Balaban J connectivity index is 2.34. The highest BCUT2D eigenvalue weighted by Crippen LogP contribution is 2.24. The average Bonchev–Trinajstić information content (AvgIpc) is 2.62. The van der Waals surface area contributed by atoms with E-state index >= 15 is 0 Å². The summed E-state index contributed by atoms with van der Waals surface area (Å²) in [5, 5.41) is 11.6. The number of ether oxygens (including phenoxy) is 1. The maximum absolute atomic E-state index is 13.0. The van der Waals surface area contributed by atoms with Crippen molar-refractivity contribution in [2.75, 3.05) is 19.0 Å². The molecule has 1 atom stereocenters. The summed E-state index contributed by atoms with van der Waals surface area (Å²) in [6.45, 7) is 1.14. The number of benzene rings is 2. The molecule has 0 aliphatic rings. The third kappa shape index (κ3) is 4.78. The number of aliphatic hydroxyl groups is 1. The van der Waals surface area contributed by atoms with Gasteiger partial charge in [-0.25, -0.2) is 17.5 Å². The number of hydrogen-bond donors (Lipinski definition) is 3. The summed E-state index contributed by atoms with van der Waals surface area (Å²) in [6.07, 6.45) is 0. The number of aliphatic hydroxyl groups excluding tert-OH is 1. The average molecular weight is 382 g/mol. The van der Waals surface area contributed by atoms with Crippen molar-refractivity contribution in [1.82, 2.24) is 4.72 Å². The van der Waals surface area contributed by atoms with Crippen molar-refractivity contribution < 1.29 is 27.4 Å². The van der Waals surface area contributed by atoms with Crippen molar-refractivity contribution in [3.8, 4) is 5.75 Å². The third-order valence-electron chi connectivity index (χ3n) is 3.46. The Morgan fingerprint density at radius 3 is 2.46 bits per heavy atom. The number of nitrogens with one attached hydrogen (secondary N) is 2. The van der Waals surface area contributed by atoms with Gasteiger partial charge in [0.05, 0.1) is 24.2 Å². The SMILES string of the molecule is COc1ccc(S(=O)(=O)N[C@H](C)CO)cc1C(=O)Nc1ccc(F)cc1. The number of methoxy groups -OCH3 is 1. The fourth-order valence-corrected chi connectivity index (χ4v) is 3.39. The maximum atomic E-state index is 13.0. The van der Waals surface area contributed by atoms with Gasteiger partial charge in [-0.15, -0.1) is 0 Å². The minimum Gasteiger partial charge on any atom is -0.496 e. The van der Waals surface area contributed by atoms with Crippen LogP contribution in [0.2, 0.25) is 0 Å². The van der Waals surface area contributed by atoms with Crippen LogP contribution in [0.25, 0.3) is 0 Å². The Bertz CT molecular complexity index is 885. The van der Waals surface area contributed by atoms with Crippen molar-refractivity contribution in [3.63, 3.8) is 0 Å². The first-order valence-corrected chi connectivity index (χ1v) is 9.13. The normalized spacial score (nSPS) is 12.5. The first-order chi connectivity index (χ1) is 12.3. The molecule has 7 nitrogen and oxygen atoms in total. The van der Waals surface area contributed by atoms with Gasteiger partial charge in [0.2, 0.25) is 10.0 Å². The number of anilines is 1. The van der Waals surface area contributed by atoms with E-state index in [0.717, 1.165) is 0 Å². The van der Waals surface area contributed by atoms with E-state index in [2.05, 4.69) is 10.0 Å². The van der Waals surface area contributed by atoms with Gasteiger partial charge in [-0.1, -0.05) is 0 Å². The second kappa shape index (κ2) is 8.26. The van der Waals surface area contributed by atoms with Gasteiger partial charge in [-0.2, -0.15) is 0 Å². The standard InChI is InChI=1S/C17H19FN2O5S/c1-11(10-21)20-26(23,24)14-7-8-16(25-2)15(9-14)17(22)19-13-5-3-12(18)4-6-13/h3-9,11,20-21H,10H2,1-2H3,(H,19,22)/t11-/m1/s1. The van der Waals surface area contributed by atoms with Gasteiger partial charge in [0, 0.05) is 11.7 Å². The van der Waals surface area contributed by atoms with E-state index in [-0.39, 0.29) is 22.8 Å². The van der Waals surface area contributed by atoms with E-state index in [1.54, 1.807) is 0 Å². The lowest BCUT2D eigenvalue weighted by Gasteiger charge is -2.14. The van der Waals surface area contributed by atoms with Gasteiger partial charge in [-0.05, 0) is 49.4 Å². The number of carbonyl (C=O) groups is 1. The Hall–Kier alpha value is -2.49. The fourth-order valence-electron chi connectivity index (χ4n) is 2.13. The summed E-state index contributed by atoms with van der Waals surface area (Å²) in [5.74, 6) is -0.878. The Morgan fingerprint density at radius 2 is 1.88 bits per heavy atom. The van der Waals surface area contributed by atoms with Gasteiger partial charge in [0.25, 0.3) is 5.91 Å². The van der Waals surface area contributed by atoms with Gasteiger partial charge in [0.1, 0.15) is 11.6 Å². The van der Waals surface area contributed by atoms with E-state index < -0.39 is 27.8 Å². The monoisotopic (exact) mass is 382 g/mol.